The lowest BCUT2D eigenvalue weighted by molar-refractivity contribution is 0.0951. The number of hydrogen-bond donors (Lipinski definition) is 2. The summed E-state index contributed by atoms with van der Waals surface area (Å²) in [5.74, 6) is -0.0857. The average Bonchev–Trinajstić information content (AvgIpc) is 2.69. The third kappa shape index (κ3) is 8.48. The second-order valence-corrected chi connectivity index (χ2v) is 4.75. The summed E-state index contributed by atoms with van der Waals surface area (Å²) in [7, 11) is 0. The zero-order chi connectivity index (χ0) is 17.0. The Balaban J connectivity index is 0.000000536. The zero-order valence-electron chi connectivity index (χ0n) is 13.9. The lowest BCUT2D eigenvalue weighted by atomic mass is 10.2. The molecule has 0 atom stereocenters. The highest BCUT2D eigenvalue weighted by Crippen LogP contribution is 1.99. The molecule has 0 unspecified atom stereocenters. The molecule has 2 aromatic heterocycles. The Morgan fingerprint density at radius 2 is 1.42 bits per heavy atom. The molecule has 0 spiro atoms. The molecule has 0 aliphatic rings. The monoisotopic (exact) mass is 394 g/mol. The number of nitrogens with one attached hydrogen (secondary N) is 1. The fraction of sp³-hybridized carbons (Fsp3) is 0.118. The van der Waals surface area contributed by atoms with Crippen molar-refractivity contribution in [3.8, 4) is 0 Å². The van der Waals surface area contributed by atoms with E-state index in [9.17, 15) is 4.79 Å². The highest BCUT2D eigenvalue weighted by molar-refractivity contribution is 5.94. The third-order valence-corrected chi connectivity index (χ3v) is 3.02. The van der Waals surface area contributed by atoms with Gasteiger partial charge in [-0.25, -0.2) is 0 Å². The molecule has 7 nitrogen and oxygen atoms in total. The zero-order valence-corrected chi connectivity index (χ0v) is 15.5. The fourth-order valence-electron chi connectivity index (χ4n) is 1.74. The van der Waals surface area contributed by atoms with Crippen LogP contribution >= 0.6 is 24.8 Å². The highest BCUT2D eigenvalue weighted by Gasteiger charge is 2.03. The molecule has 0 aliphatic carbocycles. The van der Waals surface area contributed by atoms with Crippen molar-refractivity contribution in [3.05, 3.63) is 83.9 Å². The summed E-state index contributed by atoms with van der Waals surface area (Å²) in [6, 6.07) is 12.8. The van der Waals surface area contributed by atoms with Crippen molar-refractivity contribution < 1.29 is 4.79 Å². The summed E-state index contributed by atoms with van der Waals surface area (Å²) in [5.41, 5.74) is 7.88. The molecule has 0 bridgehead atoms. The number of aromatic nitrogens is 4. The number of benzene rings is 1. The second kappa shape index (κ2) is 13.7. The van der Waals surface area contributed by atoms with Crippen molar-refractivity contribution >= 4 is 30.7 Å². The van der Waals surface area contributed by atoms with Crippen molar-refractivity contribution in [2.45, 2.75) is 13.1 Å². The Morgan fingerprint density at radius 1 is 0.846 bits per heavy atom. The molecule has 26 heavy (non-hydrogen) atoms. The van der Waals surface area contributed by atoms with Crippen LogP contribution in [0.4, 0.5) is 0 Å². The van der Waals surface area contributed by atoms with E-state index in [0.717, 1.165) is 11.1 Å². The Hall–Kier alpha value is -2.61. The van der Waals surface area contributed by atoms with Crippen molar-refractivity contribution in [3.63, 3.8) is 0 Å². The molecule has 9 heteroatoms. The van der Waals surface area contributed by atoms with Crippen molar-refractivity contribution in [1.29, 1.82) is 0 Å². The molecule has 138 valence electrons. The lowest BCUT2D eigenvalue weighted by Gasteiger charge is -2.04. The van der Waals surface area contributed by atoms with Crippen LogP contribution in [0.25, 0.3) is 0 Å². The first kappa shape index (κ1) is 23.4. The molecule has 1 aromatic carbocycles. The van der Waals surface area contributed by atoms with Gasteiger partial charge in [0, 0.05) is 31.0 Å². The van der Waals surface area contributed by atoms with Gasteiger partial charge in [-0.3, -0.25) is 4.79 Å². The summed E-state index contributed by atoms with van der Waals surface area (Å²) in [5, 5.41) is 17.4. The molecule has 3 aromatic rings. The van der Waals surface area contributed by atoms with E-state index in [1.54, 1.807) is 36.9 Å². The van der Waals surface area contributed by atoms with Gasteiger partial charge in [0.1, 0.15) is 0 Å². The molecule has 2 heterocycles. The van der Waals surface area contributed by atoms with E-state index in [1.165, 1.54) is 0 Å². The molecule has 3 rings (SSSR count). The Bertz CT molecular complexity index is 732. The van der Waals surface area contributed by atoms with Gasteiger partial charge in [0.2, 0.25) is 0 Å². The molecule has 1 amide bonds. The predicted molar refractivity (Wildman–Crippen MR) is 104 cm³/mol. The largest absolute Gasteiger partial charge is 0.348 e. The third-order valence-electron chi connectivity index (χ3n) is 3.02. The van der Waals surface area contributed by atoms with Crippen molar-refractivity contribution in [2.75, 3.05) is 0 Å². The first-order chi connectivity index (χ1) is 11.8. The summed E-state index contributed by atoms with van der Waals surface area (Å²) >= 11 is 0. The van der Waals surface area contributed by atoms with Gasteiger partial charge in [0.25, 0.3) is 5.91 Å². The molecular weight excluding hydrogens is 375 g/mol. The summed E-state index contributed by atoms with van der Waals surface area (Å²) in [6.07, 6.45) is 6.51. The standard InChI is InChI=1S/C12H11N3O.C5H7N3.2ClH/c16-12(11-4-2-1-3-5-11)13-8-10-6-7-14-15-9-10;6-3-5-1-2-7-8-4-5;;/h1-7,9H,8H2,(H,13,16);1-2,4H,3,6H2;2*1H. The maximum absolute atomic E-state index is 11.7. The SMILES string of the molecule is Cl.Cl.NCc1ccnnc1.O=C(NCc1ccnnc1)c1ccccc1. The molecule has 0 radical (unpaired) electrons. The van der Waals surface area contributed by atoms with Crippen LogP contribution in [-0.2, 0) is 13.1 Å². The second-order valence-electron chi connectivity index (χ2n) is 4.75. The van der Waals surface area contributed by atoms with Gasteiger partial charge < -0.3 is 11.1 Å². The van der Waals surface area contributed by atoms with Gasteiger partial charge in [-0.05, 0) is 35.4 Å². The van der Waals surface area contributed by atoms with E-state index in [4.69, 9.17) is 5.73 Å². The van der Waals surface area contributed by atoms with Gasteiger partial charge in [0.05, 0.1) is 12.4 Å². The van der Waals surface area contributed by atoms with E-state index >= 15 is 0 Å². The minimum absolute atomic E-state index is 0. The van der Waals surface area contributed by atoms with Gasteiger partial charge >= 0.3 is 0 Å². The Kier molecular flexibility index (Phi) is 12.3. The summed E-state index contributed by atoms with van der Waals surface area (Å²) in [4.78, 5) is 11.7. The van der Waals surface area contributed by atoms with Gasteiger partial charge in [-0.2, -0.15) is 20.4 Å². The van der Waals surface area contributed by atoms with Crippen LogP contribution in [-0.4, -0.2) is 26.3 Å². The lowest BCUT2D eigenvalue weighted by Crippen LogP contribution is -2.22. The first-order valence-corrected chi connectivity index (χ1v) is 7.34. The molecule has 0 fully saturated rings. The quantitative estimate of drug-likeness (QED) is 0.701. The van der Waals surface area contributed by atoms with Crippen LogP contribution in [0.2, 0.25) is 0 Å². The van der Waals surface area contributed by atoms with Gasteiger partial charge in [0.15, 0.2) is 0 Å². The Morgan fingerprint density at radius 3 is 1.88 bits per heavy atom. The van der Waals surface area contributed by atoms with Gasteiger partial charge in [-0.15, -0.1) is 24.8 Å². The number of nitrogens with zero attached hydrogens (tertiary/aromatic N) is 4. The normalized spacial score (nSPS) is 8.81. The number of halogens is 2. The van der Waals surface area contributed by atoms with Crippen LogP contribution in [0.1, 0.15) is 21.5 Å². The minimum Gasteiger partial charge on any atom is -0.348 e. The smallest absolute Gasteiger partial charge is 0.251 e. The number of nitrogens with two attached hydrogens (primary N) is 1. The molecule has 0 saturated heterocycles. The van der Waals surface area contributed by atoms with Crippen LogP contribution in [0.15, 0.2) is 67.3 Å². The predicted octanol–water partition coefficient (Wildman–Crippen LogP) is 2.19. The van der Waals surface area contributed by atoms with Crippen LogP contribution in [0.3, 0.4) is 0 Å². The van der Waals surface area contributed by atoms with Crippen LogP contribution in [0, 0.1) is 0 Å². The number of carbonyl (C=O) groups is 1. The summed E-state index contributed by atoms with van der Waals surface area (Å²) in [6.45, 7) is 0.999. The van der Waals surface area contributed by atoms with E-state index in [2.05, 4.69) is 25.7 Å². The van der Waals surface area contributed by atoms with E-state index in [1.807, 2.05) is 30.3 Å². The van der Waals surface area contributed by atoms with Crippen LogP contribution < -0.4 is 11.1 Å². The van der Waals surface area contributed by atoms with Crippen molar-refractivity contribution in [2.24, 2.45) is 5.73 Å². The van der Waals surface area contributed by atoms with Crippen LogP contribution in [0.5, 0.6) is 0 Å². The highest BCUT2D eigenvalue weighted by atomic mass is 35.5. The summed E-state index contributed by atoms with van der Waals surface area (Å²) < 4.78 is 0. The number of hydrogen-bond acceptors (Lipinski definition) is 6. The van der Waals surface area contributed by atoms with E-state index in [-0.39, 0.29) is 30.7 Å². The van der Waals surface area contributed by atoms with E-state index in [0.29, 0.717) is 18.7 Å². The van der Waals surface area contributed by atoms with E-state index < -0.39 is 0 Å². The minimum atomic E-state index is -0.0857. The van der Waals surface area contributed by atoms with Crippen molar-refractivity contribution in [1.82, 2.24) is 25.7 Å². The molecular formula is C17H20Cl2N6O. The van der Waals surface area contributed by atoms with Gasteiger partial charge in [-0.1, -0.05) is 18.2 Å². The number of amides is 1. The topological polar surface area (TPSA) is 107 Å². The maximum atomic E-state index is 11.7. The number of carbonyl (C=O) groups excluding carboxylic acids is 1. The Labute approximate surface area is 164 Å². The maximum Gasteiger partial charge on any atom is 0.251 e. The molecule has 0 saturated carbocycles. The molecule has 0 aliphatic heterocycles. The fourth-order valence-corrected chi connectivity index (χ4v) is 1.74. The first-order valence-electron chi connectivity index (χ1n) is 7.34. The average molecular weight is 395 g/mol. The molecule has 3 N–H and O–H groups in total. The number of rotatable bonds is 4.